The summed E-state index contributed by atoms with van der Waals surface area (Å²) in [6, 6.07) is 9.90. The third kappa shape index (κ3) is 3.74. The average Bonchev–Trinajstić information content (AvgIpc) is 2.49. The highest BCUT2D eigenvalue weighted by molar-refractivity contribution is 5.67. The highest BCUT2D eigenvalue weighted by Gasteiger charge is 2.12. The molecule has 5 nitrogen and oxygen atoms in total. The zero-order valence-corrected chi connectivity index (χ0v) is 13.6. The number of nitrogens with one attached hydrogen (secondary N) is 1. The van der Waals surface area contributed by atoms with Gasteiger partial charge in [0.05, 0.1) is 12.3 Å². The molecule has 0 saturated carbocycles. The molecule has 2 aromatic rings. The summed E-state index contributed by atoms with van der Waals surface area (Å²) < 4.78 is 7.04. The fraction of sp³-hybridized carbons (Fsp3) is 0.412. The van der Waals surface area contributed by atoms with Crippen molar-refractivity contribution >= 4 is 0 Å². The lowest BCUT2D eigenvalue weighted by atomic mass is 10.1. The van der Waals surface area contributed by atoms with E-state index in [-0.39, 0.29) is 5.56 Å². The van der Waals surface area contributed by atoms with Crippen molar-refractivity contribution in [3.05, 3.63) is 46.2 Å². The van der Waals surface area contributed by atoms with Crippen LogP contribution in [0.3, 0.4) is 0 Å². The van der Waals surface area contributed by atoms with E-state index in [1.54, 1.807) is 7.05 Å². The number of para-hydroxylation sites is 1. The average molecular weight is 301 g/mol. The lowest BCUT2D eigenvalue weighted by Gasteiger charge is -2.13. The SMILES string of the molecule is CCOc1ccccc1-c1cc(CNC(C)C)c(=O)n(C)n1. The second-order valence-corrected chi connectivity index (χ2v) is 5.45. The van der Waals surface area contributed by atoms with Gasteiger partial charge in [-0.2, -0.15) is 5.10 Å². The number of ether oxygens (including phenoxy) is 1. The van der Waals surface area contributed by atoms with Crippen LogP contribution in [0.5, 0.6) is 5.75 Å². The minimum absolute atomic E-state index is 0.0780. The maximum Gasteiger partial charge on any atom is 0.271 e. The Morgan fingerprint density at radius 2 is 2.05 bits per heavy atom. The zero-order valence-electron chi connectivity index (χ0n) is 13.6. The van der Waals surface area contributed by atoms with E-state index in [9.17, 15) is 4.79 Å². The summed E-state index contributed by atoms with van der Waals surface area (Å²) in [5.41, 5.74) is 2.26. The fourth-order valence-electron chi connectivity index (χ4n) is 2.20. The van der Waals surface area contributed by atoms with Gasteiger partial charge in [0.1, 0.15) is 5.75 Å². The minimum atomic E-state index is -0.0780. The molecule has 1 N–H and O–H groups in total. The third-order valence-corrected chi connectivity index (χ3v) is 3.30. The molecule has 0 unspecified atom stereocenters. The van der Waals surface area contributed by atoms with Crippen LogP contribution >= 0.6 is 0 Å². The Hall–Kier alpha value is -2.14. The second-order valence-electron chi connectivity index (χ2n) is 5.45. The topological polar surface area (TPSA) is 56.1 Å². The number of hydrogen-bond acceptors (Lipinski definition) is 4. The van der Waals surface area contributed by atoms with Gasteiger partial charge in [-0.1, -0.05) is 26.0 Å². The van der Waals surface area contributed by atoms with Crippen LogP contribution in [0.2, 0.25) is 0 Å². The van der Waals surface area contributed by atoms with E-state index in [0.717, 1.165) is 17.0 Å². The summed E-state index contributed by atoms with van der Waals surface area (Å²) in [7, 11) is 1.67. The number of aryl methyl sites for hydroxylation is 1. The summed E-state index contributed by atoms with van der Waals surface area (Å²) in [5.74, 6) is 0.777. The number of nitrogens with zero attached hydrogens (tertiary/aromatic N) is 2. The largest absolute Gasteiger partial charge is 0.493 e. The molecule has 0 aliphatic carbocycles. The van der Waals surface area contributed by atoms with Crippen LogP contribution in [-0.2, 0) is 13.6 Å². The van der Waals surface area contributed by atoms with Gasteiger partial charge in [-0.3, -0.25) is 4.79 Å². The van der Waals surface area contributed by atoms with Crippen molar-refractivity contribution in [1.82, 2.24) is 15.1 Å². The van der Waals surface area contributed by atoms with Crippen LogP contribution in [0.1, 0.15) is 26.3 Å². The van der Waals surface area contributed by atoms with E-state index in [2.05, 4.69) is 24.3 Å². The van der Waals surface area contributed by atoms with Gasteiger partial charge in [0.15, 0.2) is 0 Å². The molecule has 0 amide bonds. The number of aromatic nitrogens is 2. The Kier molecular flexibility index (Phi) is 5.33. The lowest BCUT2D eigenvalue weighted by Crippen LogP contribution is -2.30. The molecule has 22 heavy (non-hydrogen) atoms. The Labute approximate surface area is 130 Å². The Balaban J connectivity index is 2.46. The molecular weight excluding hydrogens is 278 g/mol. The summed E-state index contributed by atoms with van der Waals surface area (Å²) in [6.07, 6.45) is 0. The van der Waals surface area contributed by atoms with E-state index in [0.29, 0.717) is 24.8 Å². The van der Waals surface area contributed by atoms with Crippen LogP contribution < -0.4 is 15.6 Å². The van der Waals surface area contributed by atoms with Gasteiger partial charge in [-0.15, -0.1) is 0 Å². The lowest BCUT2D eigenvalue weighted by molar-refractivity contribution is 0.341. The molecule has 0 spiro atoms. The molecular formula is C17H23N3O2. The molecule has 0 saturated heterocycles. The van der Waals surface area contributed by atoms with E-state index < -0.39 is 0 Å². The first-order valence-electron chi connectivity index (χ1n) is 7.55. The summed E-state index contributed by atoms with van der Waals surface area (Å²) in [6.45, 7) is 7.16. The molecule has 2 rings (SSSR count). The molecule has 1 aromatic carbocycles. The van der Waals surface area contributed by atoms with Crippen molar-refractivity contribution in [2.75, 3.05) is 6.61 Å². The van der Waals surface area contributed by atoms with Crippen molar-refractivity contribution in [1.29, 1.82) is 0 Å². The van der Waals surface area contributed by atoms with Crippen LogP contribution in [0.15, 0.2) is 35.1 Å². The van der Waals surface area contributed by atoms with Crippen LogP contribution in [-0.4, -0.2) is 22.4 Å². The molecule has 0 fully saturated rings. The molecule has 1 heterocycles. The van der Waals surface area contributed by atoms with E-state index in [1.807, 2.05) is 37.3 Å². The predicted molar refractivity (Wildman–Crippen MR) is 88.1 cm³/mol. The third-order valence-electron chi connectivity index (χ3n) is 3.30. The highest BCUT2D eigenvalue weighted by atomic mass is 16.5. The molecule has 0 radical (unpaired) electrons. The van der Waals surface area contributed by atoms with Crippen LogP contribution in [0, 0.1) is 0 Å². The summed E-state index contributed by atoms with van der Waals surface area (Å²) in [5, 5.41) is 7.65. The van der Waals surface area contributed by atoms with Crippen molar-refractivity contribution < 1.29 is 4.74 Å². The monoisotopic (exact) mass is 301 g/mol. The number of rotatable bonds is 6. The van der Waals surface area contributed by atoms with Gasteiger partial charge in [0.25, 0.3) is 5.56 Å². The van der Waals surface area contributed by atoms with Gasteiger partial charge >= 0.3 is 0 Å². The Morgan fingerprint density at radius 3 is 2.73 bits per heavy atom. The maximum absolute atomic E-state index is 12.2. The van der Waals surface area contributed by atoms with Crippen molar-refractivity contribution in [3.63, 3.8) is 0 Å². The first kappa shape index (κ1) is 16.2. The molecule has 0 aliphatic rings. The minimum Gasteiger partial charge on any atom is -0.493 e. The Morgan fingerprint density at radius 1 is 1.32 bits per heavy atom. The van der Waals surface area contributed by atoms with Crippen LogP contribution in [0.4, 0.5) is 0 Å². The highest BCUT2D eigenvalue weighted by Crippen LogP contribution is 2.28. The van der Waals surface area contributed by atoms with Gasteiger partial charge in [-0.25, -0.2) is 4.68 Å². The Bertz CT molecular complexity index is 693. The first-order valence-corrected chi connectivity index (χ1v) is 7.55. The molecule has 0 atom stereocenters. The van der Waals surface area contributed by atoms with Crippen molar-refractivity contribution in [3.8, 4) is 17.0 Å². The molecule has 5 heteroatoms. The van der Waals surface area contributed by atoms with Gasteiger partial charge in [0, 0.05) is 30.8 Å². The van der Waals surface area contributed by atoms with Crippen LogP contribution in [0.25, 0.3) is 11.3 Å². The number of benzene rings is 1. The van der Waals surface area contributed by atoms with E-state index in [4.69, 9.17) is 4.74 Å². The molecule has 1 aromatic heterocycles. The smallest absolute Gasteiger partial charge is 0.271 e. The summed E-state index contributed by atoms with van der Waals surface area (Å²) >= 11 is 0. The second kappa shape index (κ2) is 7.22. The molecule has 0 bridgehead atoms. The first-order chi connectivity index (χ1) is 10.5. The van der Waals surface area contributed by atoms with Gasteiger partial charge < -0.3 is 10.1 Å². The van der Waals surface area contributed by atoms with Gasteiger partial charge in [-0.05, 0) is 25.1 Å². The quantitative estimate of drug-likeness (QED) is 0.890. The van der Waals surface area contributed by atoms with E-state index in [1.165, 1.54) is 4.68 Å². The molecule has 0 aliphatic heterocycles. The maximum atomic E-state index is 12.2. The zero-order chi connectivity index (χ0) is 16.1. The fourth-order valence-corrected chi connectivity index (χ4v) is 2.20. The number of hydrogen-bond donors (Lipinski definition) is 1. The standard InChI is InChI=1S/C17H23N3O2/c1-5-22-16-9-7-6-8-14(16)15-10-13(11-18-12(2)3)17(21)20(4)19-15/h6-10,12,18H,5,11H2,1-4H3. The van der Waals surface area contributed by atoms with Crippen molar-refractivity contribution in [2.24, 2.45) is 7.05 Å². The predicted octanol–water partition coefficient (Wildman–Crippen LogP) is 2.34. The van der Waals surface area contributed by atoms with Crippen molar-refractivity contribution in [2.45, 2.75) is 33.4 Å². The summed E-state index contributed by atoms with van der Waals surface area (Å²) in [4.78, 5) is 12.2. The van der Waals surface area contributed by atoms with Gasteiger partial charge in [0.2, 0.25) is 0 Å². The van der Waals surface area contributed by atoms with E-state index >= 15 is 0 Å². The molecule has 118 valence electrons. The normalized spacial score (nSPS) is 11.0.